The zero-order valence-electron chi connectivity index (χ0n) is 10.6. The molecule has 2 aromatic rings. The van der Waals surface area contributed by atoms with Gasteiger partial charge in [0.05, 0.1) is 12.8 Å². The number of thiazole rings is 1. The van der Waals surface area contributed by atoms with Crippen LogP contribution in [0.3, 0.4) is 0 Å². The van der Waals surface area contributed by atoms with Crippen LogP contribution in [0.1, 0.15) is 30.3 Å². The molecule has 0 unspecified atom stereocenters. The van der Waals surface area contributed by atoms with Gasteiger partial charge in [-0.05, 0) is 23.6 Å². The van der Waals surface area contributed by atoms with Crippen LogP contribution in [0.25, 0.3) is 11.3 Å². The quantitative estimate of drug-likeness (QED) is 0.840. The normalized spacial score (nSPS) is 10.4. The van der Waals surface area contributed by atoms with Crippen LogP contribution in [0.2, 0.25) is 0 Å². The summed E-state index contributed by atoms with van der Waals surface area (Å²) in [6, 6.07) is 8.17. The lowest BCUT2D eigenvalue weighted by Gasteiger charge is -2.11. The van der Waals surface area contributed by atoms with Crippen LogP contribution in [-0.2, 0) is 0 Å². The summed E-state index contributed by atoms with van der Waals surface area (Å²) < 4.78 is 5.42. The van der Waals surface area contributed by atoms with Crippen molar-refractivity contribution in [1.29, 1.82) is 5.26 Å². The third kappa shape index (κ3) is 2.36. The number of aromatic nitrogens is 1. The fraction of sp³-hybridized carbons (Fsp3) is 0.286. The van der Waals surface area contributed by atoms with Gasteiger partial charge in [0.25, 0.3) is 0 Å². The van der Waals surface area contributed by atoms with E-state index in [2.05, 4.69) is 31.0 Å². The maximum Gasteiger partial charge on any atom is 0.194 e. The average Bonchev–Trinajstić information content (AvgIpc) is 2.86. The lowest BCUT2D eigenvalue weighted by Crippen LogP contribution is -1.93. The highest BCUT2D eigenvalue weighted by Gasteiger charge is 2.11. The third-order valence-electron chi connectivity index (χ3n) is 2.77. The molecule has 0 amide bonds. The fourth-order valence-electron chi connectivity index (χ4n) is 1.73. The van der Waals surface area contributed by atoms with E-state index in [4.69, 9.17) is 10.00 Å². The van der Waals surface area contributed by atoms with Crippen LogP contribution in [0.15, 0.2) is 23.6 Å². The Bertz CT molecular complexity index is 596. The zero-order chi connectivity index (χ0) is 13.1. The number of nitrogens with zero attached hydrogens (tertiary/aromatic N) is 2. The highest BCUT2D eigenvalue weighted by atomic mass is 32.1. The van der Waals surface area contributed by atoms with Crippen LogP contribution in [0.4, 0.5) is 0 Å². The summed E-state index contributed by atoms with van der Waals surface area (Å²) in [5.41, 5.74) is 2.95. The summed E-state index contributed by atoms with van der Waals surface area (Å²) in [6.07, 6.45) is 0. The molecule has 0 aliphatic carbocycles. The maximum atomic E-state index is 8.81. The summed E-state index contributed by atoms with van der Waals surface area (Å²) in [7, 11) is 1.65. The van der Waals surface area contributed by atoms with E-state index >= 15 is 0 Å². The second kappa shape index (κ2) is 5.19. The van der Waals surface area contributed by atoms with Gasteiger partial charge in [0.2, 0.25) is 0 Å². The van der Waals surface area contributed by atoms with Gasteiger partial charge in [0, 0.05) is 10.9 Å². The summed E-state index contributed by atoms with van der Waals surface area (Å²) >= 11 is 1.35. The van der Waals surface area contributed by atoms with E-state index in [0.717, 1.165) is 17.0 Å². The second-order valence-corrected chi connectivity index (χ2v) is 5.12. The summed E-state index contributed by atoms with van der Waals surface area (Å²) in [5.74, 6) is 1.26. The van der Waals surface area contributed by atoms with Crippen molar-refractivity contribution in [2.24, 2.45) is 0 Å². The first kappa shape index (κ1) is 12.6. The van der Waals surface area contributed by atoms with Crippen molar-refractivity contribution < 1.29 is 4.74 Å². The number of hydrogen-bond acceptors (Lipinski definition) is 4. The lowest BCUT2D eigenvalue weighted by atomic mass is 10.00. The molecule has 0 bridgehead atoms. The smallest absolute Gasteiger partial charge is 0.194 e. The molecule has 0 saturated carbocycles. The lowest BCUT2D eigenvalue weighted by molar-refractivity contribution is 0.415. The van der Waals surface area contributed by atoms with Gasteiger partial charge in [-0.3, -0.25) is 0 Å². The fourth-order valence-corrected chi connectivity index (χ4v) is 2.33. The maximum absolute atomic E-state index is 8.81. The summed E-state index contributed by atoms with van der Waals surface area (Å²) in [6.45, 7) is 4.29. The SMILES string of the molecule is COc1cc(C(C)C)ccc1-c1csc(C#N)n1. The molecule has 1 heterocycles. The Morgan fingerprint density at radius 2 is 2.17 bits per heavy atom. The Kier molecular flexibility index (Phi) is 3.63. The van der Waals surface area contributed by atoms with Crippen molar-refractivity contribution >= 4 is 11.3 Å². The van der Waals surface area contributed by atoms with Crippen molar-refractivity contribution in [3.63, 3.8) is 0 Å². The van der Waals surface area contributed by atoms with Crippen LogP contribution in [-0.4, -0.2) is 12.1 Å². The number of rotatable bonds is 3. The molecule has 0 aliphatic rings. The van der Waals surface area contributed by atoms with Gasteiger partial charge < -0.3 is 4.74 Å². The van der Waals surface area contributed by atoms with Crippen LogP contribution in [0, 0.1) is 11.3 Å². The first-order chi connectivity index (χ1) is 8.65. The van der Waals surface area contributed by atoms with Crippen molar-refractivity contribution in [3.8, 4) is 23.1 Å². The predicted molar refractivity (Wildman–Crippen MR) is 72.9 cm³/mol. The molecule has 4 heteroatoms. The number of nitriles is 1. The van der Waals surface area contributed by atoms with E-state index in [1.807, 2.05) is 17.5 Å². The van der Waals surface area contributed by atoms with Gasteiger partial charge in [0.1, 0.15) is 11.8 Å². The molecular formula is C14H14N2OS. The van der Waals surface area contributed by atoms with E-state index in [1.54, 1.807) is 7.11 Å². The largest absolute Gasteiger partial charge is 0.496 e. The van der Waals surface area contributed by atoms with Gasteiger partial charge in [-0.2, -0.15) is 5.26 Å². The van der Waals surface area contributed by atoms with Crippen molar-refractivity contribution in [2.75, 3.05) is 7.11 Å². The standard InChI is InChI=1S/C14H14N2OS/c1-9(2)10-4-5-11(13(6-10)17-3)12-8-18-14(7-15)16-12/h4-6,8-9H,1-3H3. The third-order valence-corrected chi connectivity index (χ3v) is 3.51. The molecule has 2 rings (SSSR count). The van der Waals surface area contributed by atoms with Crippen LogP contribution < -0.4 is 4.74 Å². The number of ether oxygens (including phenoxy) is 1. The van der Waals surface area contributed by atoms with E-state index < -0.39 is 0 Å². The highest BCUT2D eigenvalue weighted by Crippen LogP contribution is 2.33. The molecule has 0 fully saturated rings. The first-order valence-corrected chi connectivity index (χ1v) is 6.57. The van der Waals surface area contributed by atoms with Gasteiger partial charge in [-0.25, -0.2) is 4.98 Å². The Morgan fingerprint density at radius 3 is 2.72 bits per heavy atom. The molecule has 3 nitrogen and oxygen atoms in total. The Labute approximate surface area is 111 Å². The van der Waals surface area contributed by atoms with Crippen molar-refractivity contribution in [3.05, 3.63) is 34.2 Å². The number of methoxy groups -OCH3 is 1. The monoisotopic (exact) mass is 258 g/mol. The van der Waals surface area contributed by atoms with Gasteiger partial charge in [-0.1, -0.05) is 19.9 Å². The Morgan fingerprint density at radius 1 is 1.39 bits per heavy atom. The molecule has 18 heavy (non-hydrogen) atoms. The Hall–Kier alpha value is -1.86. The molecule has 1 aromatic carbocycles. The molecular weight excluding hydrogens is 244 g/mol. The molecule has 0 saturated heterocycles. The highest BCUT2D eigenvalue weighted by molar-refractivity contribution is 7.10. The number of hydrogen-bond donors (Lipinski definition) is 0. The molecule has 0 spiro atoms. The minimum absolute atomic E-state index is 0.457. The minimum atomic E-state index is 0.457. The van der Waals surface area contributed by atoms with E-state index in [0.29, 0.717) is 10.9 Å². The first-order valence-electron chi connectivity index (χ1n) is 5.69. The zero-order valence-corrected chi connectivity index (χ0v) is 11.4. The van der Waals surface area contributed by atoms with Gasteiger partial charge in [-0.15, -0.1) is 11.3 Å². The molecule has 92 valence electrons. The average molecular weight is 258 g/mol. The summed E-state index contributed by atoms with van der Waals surface area (Å²) in [4.78, 5) is 4.26. The topological polar surface area (TPSA) is 45.9 Å². The van der Waals surface area contributed by atoms with Crippen LogP contribution in [0.5, 0.6) is 5.75 Å². The minimum Gasteiger partial charge on any atom is -0.496 e. The molecule has 0 atom stereocenters. The molecule has 1 aromatic heterocycles. The molecule has 0 N–H and O–H groups in total. The summed E-state index contributed by atoms with van der Waals surface area (Å²) in [5, 5.41) is 11.2. The molecule has 0 radical (unpaired) electrons. The molecule has 0 aliphatic heterocycles. The van der Waals surface area contributed by atoms with Crippen LogP contribution >= 0.6 is 11.3 Å². The second-order valence-electron chi connectivity index (χ2n) is 4.26. The number of benzene rings is 1. The van der Waals surface area contributed by atoms with Crippen molar-refractivity contribution in [2.45, 2.75) is 19.8 Å². The van der Waals surface area contributed by atoms with Crippen molar-refractivity contribution in [1.82, 2.24) is 4.98 Å². The predicted octanol–water partition coefficient (Wildman–Crippen LogP) is 3.81. The van der Waals surface area contributed by atoms with Gasteiger partial charge in [0.15, 0.2) is 5.01 Å². The van der Waals surface area contributed by atoms with E-state index in [1.165, 1.54) is 16.9 Å². The Balaban J connectivity index is 2.48. The van der Waals surface area contributed by atoms with E-state index in [9.17, 15) is 0 Å². The van der Waals surface area contributed by atoms with E-state index in [-0.39, 0.29) is 0 Å². The van der Waals surface area contributed by atoms with Gasteiger partial charge >= 0.3 is 0 Å².